The van der Waals surface area contributed by atoms with Crippen molar-refractivity contribution in [2.75, 3.05) is 25.0 Å². The van der Waals surface area contributed by atoms with Crippen molar-refractivity contribution in [1.82, 2.24) is 18.7 Å². The summed E-state index contributed by atoms with van der Waals surface area (Å²) in [6.45, 7) is 2.09. The molecule has 1 unspecified atom stereocenters. The van der Waals surface area contributed by atoms with Crippen LogP contribution in [-0.2, 0) is 17.8 Å². The molecule has 0 radical (unpaired) electrons. The summed E-state index contributed by atoms with van der Waals surface area (Å²) in [5.74, 6) is 0.882. The molecule has 1 aliphatic heterocycles. The smallest absolute Gasteiger partial charge is 0.591 e. The fraction of sp³-hybridized carbons (Fsp3) is 0.280. The minimum atomic E-state index is -4.75. The number of aromatic nitrogens is 3. The van der Waals surface area contributed by atoms with E-state index in [0.29, 0.717) is 17.9 Å². The second-order valence-corrected chi connectivity index (χ2v) is 11.3. The van der Waals surface area contributed by atoms with Gasteiger partial charge in [-0.3, -0.25) is 4.40 Å². The van der Waals surface area contributed by atoms with E-state index in [1.165, 1.54) is 11.3 Å². The Balaban J connectivity index is 1.46. The van der Waals surface area contributed by atoms with Gasteiger partial charge in [-0.1, -0.05) is 36.7 Å². The highest BCUT2D eigenvalue weighted by Crippen LogP contribution is 2.35. The van der Waals surface area contributed by atoms with Crippen molar-refractivity contribution in [1.29, 1.82) is 0 Å². The van der Waals surface area contributed by atoms with Gasteiger partial charge in [-0.15, -0.1) is 28.8 Å². The zero-order chi connectivity index (χ0) is 26.3. The maximum Gasteiger partial charge on any atom is 0.593 e. The molecule has 4 aromatic rings. The Labute approximate surface area is 224 Å². The number of anilines is 2. The third-order valence-corrected chi connectivity index (χ3v) is 8.58. The van der Waals surface area contributed by atoms with Gasteiger partial charge in [0.1, 0.15) is 11.5 Å². The molecular weight excluding hydrogens is 543 g/mol. The number of pyridine rings is 1. The highest BCUT2D eigenvalue weighted by Gasteiger charge is 2.49. The Hall–Kier alpha value is -2.57. The first kappa shape index (κ1) is 26.1. The van der Waals surface area contributed by atoms with Gasteiger partial charge in [0, 0.05) is 35.8 Å². The number of alkyl halides is 3. The number of rotatable bonds is 6. The van der Waals surface area contributed by atoms with Crippen LogP contribution in [0.5, 0.6) is 0 Å². The van der Waals surface area contributed by atoms with E-state index in [4.69, 9.17) is 21.6 Å². The van der Waals surface area contributed by atoms with Crippen molar-refractivity contribution < 1.29 is 17.7 Å². The van der Waals surface area contributed by atoms with Crippen LogP contribution in [-0.4, -0.2) is 48.9 Å². The fourth-order valence-electron chi connectivity index (χ4n) is 4.34. The van der Waals surface area contributed by atoms with E-state index in [-0.39, 0.29) is 13.1 Å². The molecule has 12 heteroatoms. The molecule has 0 saturated carbocycles. The Morgan fingerprint density at radius 2 is 1.86 bits per heavy atom. The molecule has 0 amide bonds. The predicted molar refractivity (Wildman–Crippen MR) is 144 cm³/mol. The predicted octanol–water partition coefficient (Wildman–Crippen LogP) is 6.71. The number of halogens is 4. The number of fused-ring (bicyclic) bond motifs is 1. The minimum Gasteiger partial charge on any atom is -0.591 e. The molecule has 194 valence electrons. The van der Waals surface area contributed by atoms with Gasteiger partial charge < -0.3 is 9.45 Å². The van der Waals surface area contributed by atoms with Gasteiger partial charge in [0.25, 0.3) is 0 Å². The summed E-state index contributed by atoms with van der Waals surface area (Å²) >= 11 is 4.54. The second kappa shape index (κ2) is 10.3. The molecule has 0 aliphatic carbocycles. The largest absolute Gasteiger partial charge is 0.593 e. The number of hydrogen-bond acceptors (Lipinski definition) is 6. The number of nitrogens with zero attached hydrogens (tertiary/aromatic N) is 5. The maximum absolute atomic E-state index is 12.9. The summed E-state index contributed by atoms with van der Waals surface area (Å²) in [6.07, 6.45) is 4.76. The normalized spacial score (nSPS) is 15.7. The Morgan fingerprint density at radius 1 is 1.14 bits per heavy atom. The standard InChI is InChI=1S/C25H23ClF3N5OS2/c1-3-20-23(32(2)24-31-21(15-36-24)17-4-7-19(26)8-5-17)34-14-18(6-9-22(34)30-20)16-10-12-33(13-11-16)37(35)25(27,28)29/h4-10,14-15H,3,11-13H2,1-2H3. The van der Waals surface area contributed by atoms with Crippen LogP contribution in [0.2, 0.25) is 5.02 Å². The first-order chi connectivity index (χ1) is 17.7. The van der Waals surface area contributed by atoms with Crippen molar-refractivity contribution in [3.05, 3.63) is 70.3 Å². The molecule has 0 N–H and O–H groups in total. The van der Waals surface area contributed by atoms with Gasteiger partial charge in [-0.2, -0.15) is 0 Å². The number of hydrogen-bond donors (Lipinski definition) is 0. The zero-order valence-electron chi connectivity index (χ0n) is 20.0. The van der Waals surface area contributed by atoms with Crippen molar-refractivity contribution in [3.8, 4) is 11.3 Å². The first-order valence-corrected chi connectivity index (χ1v) is 13.9. The van der Waals surface area contributed by atoms with Gasteiger partial charge in [-0.25, -0.2) is 9.97 Å². The third-order valence-electron chi connectivity index (χ3n) is 6.21. The van der Waals surface area contributed by atoms with Gasteiger partial charge in [0.2, 0.25) is 0 Å². The monoisotopic (exact) mass is 565 g/mol. The lowest BCUT2D eigenvalue weighted by atomic mass is 10.0. The van der Waals surface area contributed by atoms with Crippen molar-refractivity contribution >= 4 is 56.5 Å². The molecule has 0 bridgehead atoms. The molecule has 6 nitrogen and oxygen atoms in total. The summed E-state index contributed by atoms with van der Waals surface area (Å²) in [5.41, 5.74) is 0.559. The average Bonchev–Trinajstić information content (AvgIpc) is 3.53. The van der Waals surface area contributed by atoms with E-state index < -0.39 is 16.9 Å². The lowest BCUT2D eigenvalue weighted by Gasteiger charge is -2.27. The molecule has 0 saturated heterocycles. The molecule has 0 spiro atoms. The van der Waals surface area contributed by atoms with Crippen molar-refractivity contribution in [2.45, 2.75) is 25.3 Å². The number of aryl methyl sites for hydroxylation is 1. The molecule has 1 aromatic carbocycles. The first-order valence-electron chi connectivity index (χ1n) is 11.5. The second-order valence-electron chi connectivity index (χ2n) is 8.53. The molecule has 5 rings (SSSR count). The highest BCUT2D eigenvalue weighted by molar-refractivity contribution is 7.90. The van der Waals surface area contributed by atoms with E-state index in [0.717, 1.165) is 49.0 Å². The average molecular weight is 566 g/mol. The molecule has 37 heavy (non-hydrogen) atoms. The van der Waals surface area contributed by atoms with Crippen molar-refractivity contribution in [2.24, 2.45) is 0 Å². The Kier molecular flexibility index (Phi) is 7.25. The summed E-state index contributed by atoms with van der Waals surface area (Å²) < 4.78 is 53.2. The Morgan fingerprint density at radius 3 is 2.51 bits per heavy atom. The lowest BCUT2D eigenvalue weighted by molar-refractivity contribution is -0.0485. The van der Waals surface area contributed by atoms with Crippen molar-refractivity contribution in [3.63, 3.8) is 0 Å². The van der Waals surface area contributed by atoms with Crippen LogP contribution in [0.3, 0.4) is 0 Å². The fourth-order valence-corrected chi connectivity index (χ4v) is 6.02. The van der Waals surface area contributed by atoms with E-state index >= 15 is 0 Å². The summed E-state index contributed by atoms with van der Waals surface area (Å²) in [6, 6.07) is 11.4. The summed E-state index contributed by atoms with van der Waals surface area (Å²) in [7, 11) is 1.95. The minimum absolute atomic E-state index is 0.0248. The van der Waals surface area contributed by atoms with E-state index in [1.807, 2.05) is 71.2 Å². The number of thiazole rings is 1. The van der Waals surface area contributed by atoms with E-state index in [9.17, 15) is 17.7 Å². The molecule has 3 aromatic heterocycles. The lowest BCUT2D eigenvalue weighted by Crippen LogP contribution is -2.42. The van der Waals surface area contributed by atoms with Crippen LogP contribution in [0.15, 0.2) is 54.1 Å². The SMILES string of the molecule is CCc1nc2ccc(C3=CCN([S+]([O-])C(F)(F)F)CC3)cn2c1N(C)c1nc(-c2ccc(Cl)cc2)cs1. The van der Waals surface area contributed by atoms with Crippen LogP contribution < -0.4 is 4.90 Å². The van der Waals surface area contributed by atoms with E-state index in [1.54, 1.807) is 6.08 Å². The summed E-state index contributed by atoms with van der Waals surface area (Å²) in [5, 5.41) is 3.47. The zero-order valence-corrected chi connectivity index (χ0v) is 22.4. The maximum atomic E-state index is 12.9. The van der Waals surface area contributed by atoms with Crippen LogP contribution in [0, 0.1) is 0 Å². The molecule has 1 atom stereocenters. The molecular formula is C25H23ClF3N5OS2. The topological polar surface area (TPSA) is 59.7 Å². The van der Waals surface area contributed by atoms with Gasteiger partial charge >= 0.3 is 5.51 Å². The Bertz CT molecular complexity index is 1450. The van der Waals surface area contributed by atoms with Crippen LogP contribution in [0.1, 0.15) is 24.6 Å². The third kappa shape index (κ3) is 5.23. The number of imidazole rings is 1. The quantitative estimate of drug-likeness (QED) is 0.243. The van der Waals surface area contributed by atoms with Gasteiger partial charge in [-0.05, 0) is 48.2 Å². The van der Waals surface area contributed by atoms with Crippen LogP contribution >= 0.6 is 22.9 Å². The summed E-state index contributed by atoms with van der Waals surface area (Å²) in [4.78, 5) is 11.6. The van der Waals surface area contributed by atoms with Gasteiger partial charge in [0.05, 0.1) is 17.9 Å². The highest BCUT2D eigenvalue weighted by atomic mass is 35.5. The molecule has 0 fully saturated rings. The molecule has 4 heterocycles. The number of benzene rings is 1. The van der Waals surface area contributed by atoms with Crippen LogP contribution in [0.25, 0.3) is 22.5 Å². The molecule has 1 aliphatic rings. The van der Waals surface area contributed by atoms with Gasteiger partial charge in [0.15, 0.2) is 16.5 Å². The van der Waals surface area contributed by atoms with E-state index in [2.05, 4.69) is 0 Å². The van der Waals surface area contributed by atoms with Crippen LogP contribution in [0.4, 0.5) is 24.1 Å².